The highest BCUT2D eigenvalue weighted by Crippen LogP contribution is 2.46. The van der Waals surface area contributed by atoms with Gasteiger partial charge in [0.05, 0.1) is 35.2 Å². The van der Waals surface area contributed by atoms with E-state index in [1.807, 2.05) is 30.3 Å². The number of fused-ring (bicyclic) bond motifs is 1. The Bertz CT molecular complexity index is 1730. The number of thiol groups is 3. The molecule has 5 aromatic carbocycles. The van der Waals surface area contributed by atoms with Crippen molar-refractivity contribution >= 4 is 94.2 Å². The van der Waals surface area contributed by atoms with Crippen LogP contribution in [0.1, 0.15) is 0 Å². The number of phenolic OH excluding ortho intramolecular Hbond substituents is 1. The fourth-order valence-electron chi connectivity index (χ4n) is 3.58. The Labute approximate surface area is 260 Å². The lowest BCUT2D eigenvalue weighted by Gasteiger charge is -2.13. The Morgan fingerprint density at radius 3 is 1.93 bits per heavy atom. The number of methoxy groups -OCH3 is 1. The molecule has 0 bridgehead atoms. The Balaban J connectivity index is 0.000000231. The summed E-state index contributed by atoms with van der Waals surface area (Å²) in [5, 5.41) is 19.8. The van der Waals surface area contributed by atoms with Crippen molar-refractivity contribution in [2.45, 2.75) is 14.7 Å². The average molecular weight is 621 g/mol. The summed E-state index contributed by atoms with van der Waals surface area (Å²) in [5.74, 6) is 0.454. The van der Waals surface area contributed by atoms with E-state index < -0.39 is 0 Å². The molecule has 13 N–H and O–H groups in total. The molecule has 0 saturated carbocycles. The maximum absolute atomic E-state index is 10.6. The summed E-state index contributed by atoms with van der Waals surface area (Å²) < 4.78 is 4.92. The maximum Gasteiger partial charge on any atom is 0.154 e. The van der Waals surface area contributed by atoms with Gasteiger partial charge in [-0.15, -0.1) is 48.1 Å². The summed E-state index contributed by atoms with van der Waals surface area (Å²) in [6.07, 6.45) is 0. The van der Waals surface area contributed by atoms with Crippen LogP contribution in [0.15, 0.2) is 104 Å². The molecule has 0 spiro atoms. The number of azo groups is 1. The zero-order valence-corrected chi connectivity index (χ0v) is 25.2. The number of aromatic hydroxyl groups is 1. The third-order valence-electron chi connectivity index (χ3n) is 5.73. The summed E-state index contributed by atoms with van der Waals surface area (Å²) in [5.41, 5.74) is 37.8. The molecule has 13 heteroatoms. The lowest BCUT2D eigenvalue weighted by atomic mass is 10.1. The van der Waals surface area contributed by atoms with Gasteiger partial charge in [-0.3, -0.25) is 0 Å². The Hall–Kier alpha value is -4.59. The minimum atomic E-state index is -0.171. The minimum absolute atomic E-state index is 0.162. The van der Waals surface area contributed by atoms with E-state index in [1.54, 1.807) is 55.6 Å². The van der Waals surface area contributed by atoms with Crippen molar-refractivity contribution in [3.63, 3.8) is 0 Å². The number of anilines is 6. The molecule has 10 nitrogen and oxygen atoms in total. The molecule has 0 aliphatic carbocycles. The zero-order valence-electron chi connectivity index (χ0n) is 22.6. The van der Waals surface area contributed by atoms with Crippen LogP contribution in [0, 0.1) is 0 Å². The normalized spacial score (nSPS) is 10.5. The third-order valence-corrected chi connectivity index (χ3v) is 6.72. The highest BCUT2D eigenvalue weighted by molar-refractivity contribution is 7.81. The van der Waals surface area contributed by atoms with Crippen LogP contribution in [0.4, 0.5) is 45.5 Å². The molecule has 218 valence electrons. The molecule has 0 aliphatic rings. The minimum Gasteiger partial charge on any atom is -0.505 e. The second-order valence-electron chi connectivity index (χ2n) is 8.77. The number of nitrogens with zero attached hydrogens (tertiary/aromatic N) is 2. The highest BCUT2D eigenvalue weighted by atomic mass is 32.1. The van der Waals surface area contributed by atoms with E-state index in [0.717, 1.165) is 5.69 Å². The van der Waals surface area contributed by atoms with Gasteiger partial charge in [-0.1, -0.05) is 18.2 Å². The topological polar surface area (TPSA) is 210 Å². The van der Waals surface area contributed by atoms with E-state index in [2.05, 4.69) is 48.1 Å². The average Bonchev–Trinajstić information content (AvgIpc) is 2.95. The van der Waals surface area contributed by atoms with Gasteiger partial charge in [0.15, 0.2) is 5.75 Å². The standard InChI is InChI=1S/C16H15N5OS3.C7H10N2O.C6H7N/c17-8-3-6(23)1-2-10(8)20-21-15-12(25)4-7-11(24)5-9(18)14(19)13(7)16(15)22;1-10-7-4-5(8)2-3-6(7)9;7-6-4-2-1-3-5-6/h1-5,22-25H,17-19H2;2-4H,8-9H2,1H3;1-5H,7H2. The van der Waals surface area contributed by atoms with Crippen LogP contribution in [0.2, 0.25) is 0 Å². The van der Waals surface area contributed by atoms with Crippen molar-refractivity contribution in [1.29, 1.82) is 0 Å². The van der Waals surface area contributed by atoms with E-state index in [4.69, 9.17) is 39.1 Å². The molecule has 0 fully saturated rings. The highest BCUT2D eigenvalue weighted by Gasteiger charge is 2.17. The van der Waals surface area contributed by atoms with Crippen LogP contribution in [-0.2, 0) is 0 Å². The van der Waals surface area contributed by atoms with Gasteiger partial charge in [-0.05, 0) is 54.6 Å². The fourth-order valence-corrected chi connectivity index (χ4v) is 4.39. The molecule has 0 aliphatic heterocycles. The molecule has 0 atom stereocenters. The van der Waals surface area contributed by atoms with Gasteiger partial charge in [0.2, 0.25) is 0 Å². The SMILES string of the molecule is COc1cc(N)ccc1N.Nc1cc(S)ccc1N=Nc1c(S)cc2c(S)cc(N)c(N)c2c1O.Nc1ccccc1. The van der Waals surface area contributed by atoms with Crippen LogP contribution in [-0.4, -0.2) is 12.2 Å². The fraction of sp³-hybridized carbons (Fsp3) is 0.0345. The quantitative estimate of drug-likeness (QED) is 0.0594. The number of rotatable bonds is 3. The molecule has 0 unspecified atom stereocenters. The number of nitrogens with two attached hydrogens (primary N) is 6. The van der Waals surface area contributed by atoms with E-state index in [-0.39, 0.29) is 17.1 Å². The predicted octanol–water partition coefficient (Wildman–Crippen LogP) is 6.70. The predicted molar refractivity (Wildman–Crippen MR) is 184 cm³/mol. The van der Waals surface area contributed by atoms with Crippen molar-refractivity contribution < 1.29 is 9.84 Å². The molecule has 0 aromatic heterocycles. The van der Waals surface area contributed by atoms with Crippen LogP contribution >= 0.6 is 37.9 Å². The van der Waals surface area contributed by atoms with Crippen molar-refractivity contribution in [1.82, 2.24) is 0 Å². The molecule has 0 saturated heterocycles. The molecule has 0 radical (unpaired) electrons. The van der Waals surface area contributed by atoms with Crippen molar-refractivity contribution in [2.24, 2.45) is 10.2 Å². The maximum atomic E-state index is 10.6. The number of phenols is 1. The van der Waals surface area contributed by atoms with Gasteiger partial charge in [0, 0.05) is 37.5 Å². The Morgan fingerprint density at radius 2 is 1.36 bits per heavy atom. The zero-order chi connectivity index (χ0) is 31.0. The van der Waals surface area contributed by atoms with Gasteiger partial charge in [0.25, 0.3) is 0 Å². The summed E-state index contributed by atoms with van der Waals surface area (Å²) in [4.78, 5) is 1.70. The molecular weight excluding hydrogens is 589 g/mol. The van der Waals surface area contributed by atoms with Gasteiger partial charge in [-0.25, -0.2) is 0 Å². The smallest absolute Gasteiger partial charge is 0.154 e. The number of nitrogen functional groups attached to an aromatic ring is 6. The monoisotopic (exact) mass is 620 g/mol. The molecule has 0 amide bonds. The first-order valence-corrected chi connectivity index (χ1v) is 13.5. The van der Waals surface area contributed by atoms with Crippen molar-refractivity contribution in [2.75, 3.05) is 41.5 Å². The summed E-state index contributed by atoms with van der Waals surface area (Å²) in [6, 6.07) is 23.0. The van der Waals surface area contributed by atoms with Crippen LogP contribution in [0.5, 0.6) is 11.5 Å². The molecule has 5 rings (SSSR count). The Morgan fingerprint density at radius 1 is 0.667 bits per heavy atom. The summed E-state index contributed by atoms with van der Waals surface area (Å²) in [6.45, 7) is 0. The Kier molecular flexibility index (Phi) is 10.9. The number of ether oxygens (including phenoxy) is 1. The van der Waals surface area contributed by atoms with E-state index >= 15 is 0 Å². The lowest BCUT2D eigenvalue weighted by Crippen LogP contribution is -1.97. The van der Waals surface area contributed by atoms with Gasteiger partial charge >= 0.3 is 0 Å². The molecule has 5 aromatic rings. The summed E-state index contributed by atoms with van der Waals surface area (Å²) in [7, 11) is 1.56. The number of para-hydroxylation sites is 1. The molecule has 0 heterocycles. The first-order chi connectivity index (χ1) is 19.9. The van der Waals surface area contributed by atoms with Gasteiger partial charge in [0.1, 0.15) is 17.1 Å². The van der Waals surface area contributed by atoms with Crippen molar-refractivity contribution in [3.8, 4) is 11.5 Å². The second kappa shape index (κ2) is 14.3. The van der Waals surface area contributed by atoms with E-state index in [9.17, 15) is 5.11 Å². The first kappa shape index (κ1) is 31.9. The van der Waals surface area contributed by atoms with E-state index in [1.165, 1.54) is 0 Å². The first-order valence-electron chi connectivity index (χ1n) is 12.2. The lowest BCUT2D eigenvalue weighted by molar-refractivity contribution is 0.417. The summed E-state index contributed by atoms with van der Waals surface area (Å²) >= 11 is 13.0. The van der Waals surface area contributed by atoms with Crippen molar-refractivity contribution in [3.05, 3.63) is 78.9 Å². The van der Waals surface area contributed by atoms with Crippen LogP contribution < -0.4 is 39.1 Å². The number of benzene rings is 5. The third kappa shape index (κ3) is 8.00. The van der Waals surface area contributed by atoms with E-state index in [0.29, 0.717) is 59.6 Å². The number of hydrogen-bond donors (Lipinski definition) is 10. The molecular formula is C29H32N8O2S3. The van der Waals surface area contributed by atoms with Crippen LogP contribution in [0.25, 0.3) is 10.8 Å². The molecule has 42 heavy (non-hydrogen) atoms. The largest absolute Gasteiger partial charge is 0.505 e. The van der Waals surface area contributed by atoms with Gasteiger partial charge in [-0.2, -0.15) is 0 Å². The second-order valence-corrected chi connectivity index (χ2v) is 10.2. The van der Waals surface area contributed by atoms with Gasteiger partial charge < -0.3 is 44.2 Å². The van der Waals surface area contributed by atoms with Crippen LogP contribution in [0.3, 0.4) is 0 Å². The number of hydrogen-bond acceptors (Lipinski definition) is 13.